The average Bonchev–Trinajstić information content (AvgIpc) is 2.66. The fourth-order valence-corrected chi connectivity index (χ4v) is 3.76. The van der Waals surface area contributed by atoms with E-state index in [9.17, 15) is 0 Å². The maximum Gasteiger partial charge on any atom is 0.191 e. The third-order valence-electron chi connectivity index (χ3n) is 5.24. The van der Waals surface area contributed by atoms with E-state index in [0.717, 1.165) is 70.6 Å². The zero-order valence-corrected chi connectivity index (χ0v) is 19.0. The van der Waals surface area contributed by atoms with Gasteiger partial charge in [-0.25, -0.2) is 0 Å². The lowest BCUT2D eigenvalue weighted by molar-refractivity contribution is -0.0318. The maximum absolute atomic E-state index is 5.90. The molecule has 26 heavy (non-hydrogen) atoms. The van der Waals surface area contributed by atoms with Crippen LogP contribution in [0.4, 0.5) is 0 Å². The van der Waals surface area contributed by atoms with Crippen LogP contribution in [0.15, 0.2) is 4.99 Å². The van der Waals surface area contributed by atoms with Gasteiger partial charge in [0.2, 0.25) is 0 Å². The van der Waals surface area contributed by atoms with Gasteiger partial charge in [0, 0.05) is 39.5 Å². The summed E-state index contributed by atoms with van der Waals surface area (Å²) < 4.78 is 11.3. The third kappa shape index (κ3) is 10.9. The smallest absolute Gasteiger partial charge is 0.191 e. The van der Waals surface area contributed by atoms with Crippen LogP contribution >= 0.6 is 24.0 Å². The number of nitrogens with one attached hydrogen (secondary N) is 2. The molecule has 0 unspecified atom stereocenters. The van der Waals surface area contributed by atoms with Crippen molar-refractivity contribution >= 4 is 29.9 Å². The molecule has 1 saturated heterocycles. The molecular formula is C20H40IN3O2. The van der Waals surface area contributed by atoms with Gasteiger partial charge in [-0.3, -0.25) is 4.99 Å². The average molecular weight is 481 g/mol. The molecule has 1 saturated carbocycles. The van der Waals surface area contributed by atoms with Crippen molar-refractivity contribution in [3.63, 3.8) is 0 Å². The molecule has 6 heteroatoms. The Labute approximate surface area is 177 Å². The van der Waals surface area contributed by atoms with Crippen LogP contribution in [0.5, 0.6) is 0 Å². The molecule has 2 aliphatic rings. The van der Waals surface area contributed by atoms with E-state index in [1.54, 1.807) is 0 Å². The standard InChI is InChI=1S/C20H39N3O2.HI/c1-2-21-20(22-13-6-10-18-8-4-3-5-9-18)23-14-7-15-25-19-11-16-24-17-12-19;/h18-19H,2-17H2,1H3,(H2,21,22,23);1H. The Hall–Kier alpha value is -0.0800. The second-order valence-electron chi connectivity index (χ2n) is 7.37. The highest BCUT2D eigenvalue weighted by Crippen LogP contribution is 2.26. The molecular weight excluding hydrogens is 441 g/mol. The van der Waals surface area contributed by atoms with Crippen molar-refractivity contribution in [1.29, 1.82) is 0 Å². The predicted molar refractivity (Wildman–Crippen MR) is 120 cm³/mol. The molecule has 1 aliphatic carbocycles. The number of halogens is 1. The second kappa shape index (κ2) is 15.9. The van der Waals surface area contributed by atoms with Crippen molar-refractivity contribution < 1.29 is 9.47 Å². The van der Waals surface area contributed by atoms with Gasteiger partial charge in [-0.05, 0) is 44.9 Å². The SMILES string of the molecule is CCNC(=NCCCOC1CCOCC1)NCCCC1CCCCC1.I. The van der Waals surface area contributed by atoms with E-state index in [-0.39, 0.29) is 24.0 Å². The lowest BCUT2D eigenvalue weighted by Crippen LogP contribution is -2.38. The normalized spacial score (nSPS) is 19.8. The van der Waals surface area contributed by atoms with E-state index in [2.05, 4.69) is 22.5 Å². The monoisotopic (exact) mass is 481 g/mol. The Balaban J connectivity index is 0.00000338. The molecule has 0 aromatic heterocycles. The van der Waals surface area contributed by atoms with E-state index in [4.69, 9.17) is 9.47 Å². The number of ether oxygens (including phenoxy) is 2. The minimum Gasteiger partial charge on any atom is -0.381 e. The zero-order valence-electron chi connectivity index (χ0n) is 16.6. The maximum atomic E-state index is 5.90. The zero-order chi connectivity index (χ0) is 17.6. The highest BCUT2D eigenvalue weighted by molar-refractivity contribution is 14.0. The highest BCUT2D eigenvalue weighted by Gasteiger charge is 2.14. The molecule has 2 rings (SSSR count). The van der Waals surface area contributed by atoms with Crippen LogP contribution < -0.4 is 10.6 Å². The largest absolute Gasteiger partial charge is 0.381 e. The first-order valence-electron chi connectivity index (χ1n) is 10.6. The molecule has 0 radical (unpaired) electrons. The van der Waals surface area contributed by atoms with Crippen LogP contribution in [0.3, 0.4) is 0 Å². The Bertz CT molecular complexity index is 357. The molecule has 0 bridgehead atoms. The number of aliphatic imine (C=N–C) groups is 1. The molecule has 5 nitrogen and oxygen atoms in total. The highest BCUT2D eigenvalue weighted by atomic mass is 127. The first kappa shape index (κ1) is 24.0. The number of rotatable bonds is 10. The summed E-state index contributed by atoms with van der Waals surface area (Å²) in [5, 5.41) is 6.82. The molecule has 1 aliphatic heterocycles. The van der Waals surface area contributed by atoms with Gasteiger partial charge in [-0.15, -0.1) is 24.0 Å². The van der Waals surface area contributed by atoms with Gasteiger partial charge in [-0.2, -0.15) is 0 Å². The van der Waals surface area contributed by atoms with E-state index < -0.39 is 0 Å². The number of hydrogen-bond acceptors (Lipinski definition) is 3. The molecule has 0 aromatic carbocycles. The van der Waals surface area contributed by atoms with Crippen LogP contribution in [0, 0.1) is 5.92 Å². The van der Waals surface area contributed by atoms with Crippen LogP contribution in [0.1, 0.15) is 71.1 Å². The van der Waals surface area contributed by atoms with Crippen LogP contribution in [0.2, 0.25) is 0 Å². The quantitative estimate of drug-likeness (QED) is 0.214. The van der Waals surface area contributed by atoms with Crippen LogP contribution in [-0.4, -0.2) is 51.5 Å². The van der Waals surface area contributed by atoms with Crippen molar-refractivity contribution in [3.05, 3.63) is 0 Å². The Morgan fingerprint density at radius 1 is 1.04 bits per heavy atom. The van der Waals surface area contributed by atoms with Gasteiger partial charge < -0.3 is 20.1 Å². The van der Waals surface area contributed by atoms with Gasteiger partial charge in [0.15, 0.2) is 5.96 Å². The lowest BCUT2D eigenvalue weighted by Gasteiger charge is -2.22. The van der Waals surface area contributed by atoms with Crippen molar-refractivity contribution in [2.75, 3.05) is 39.5 Å². The second-order valence-corrected chi connectivity index (χ2v) is 7.37. The fraction of sp³-hybridized carbons (Fsp3) is 0.950. The summed E-state index contributed by atoms with van der Waals surface area (Å²) in [6, 6.07) is 0. The summed E-state index contributed by atoms with van der Waals surface area (Å²) >= 11 is 0. The van der Waals surface area contributed by atoms with Gasteiger partial charge in [0.05, 0.1) is 6.10 Å². The van der Waals surface area contributed by atoms with Crippen LogP contribution in [-0.2, 0) is 9.47 Å². The Morgan fingerprint density at radius 3 is 2.54 bits per heavy atom. The molecule has 0 aromatic rings. The molecule has 0 amide bonds. The van der Waals surface area contributed by atoms with Crippen molar-refractivity contribution in [1.82, 2.24) is 10.6 Å². The topological polar surface area (TPSA) is 54.9 Å². The molecule has 2 fully saturated rings. The minimum atomic E-state index is 0. The summed E-state index contributed by atoms with van der Waals surface area (Å²) in [7, 11) is 0. The summed E-state index contributed by atoms with van der Waals surface area (Å²) in [6.07, 6.45) is 13.3. The minimum absolute atomic E-state index is 0. The van der Waals surface area contributed by atoms with Crippen molar-refractivity contribution in [3.8, 4) is 0 Å². The third-order valence-corrected chi connectivity index (χ3v) is 5.24. The van der Waals surface area contributed by atoms with E-state index >= 15 is 0 Å². The molecule has 0 atom stereocenters. The van der Waals surface area contributed by atoms with E-state index in [1.165, 1.54) is 44.9 Å². The summed E-state index contributed by atoms with van der Waals surface area (Å²) in [5.74, 6) is 1.93. The van der Waals surface area contributed by atoms with Gasteiger partial charge in [-0.1, -0.05) is 32.1 Å². The molecule has 2 N–H and O–H groups in total. The van der Waals surface area contributed by atoms with E-state index in [1.807, 2.05) is 0 Å². The number of nitrogens with zero attached hydrogens (tertiary/aromatic N) is 1. The van der Waals surface area contributed by atoms with Gasteiger partial charge >= 0.3 is 0 Å². The molecule has 0 spiro atoms. The Morgan fingerprint density at radius 2 is 1.81 bits per heavy atom. The predicted octanol–water partition coefficient (Wildman–Crippen LogP) is 4.11. The van der Waals surface area contributed by atoms with Gasteiger partial charge in [0.25, 0.3) is 0 Å². The van der Waals surface area contributed by atoms with Gasteiger partial charge in [0.1, 0.15) is 0 Å². The molecule has 154 valence electrons. The summed E-state index contributed by atoms with van der Waals surface area (Å²) in [5.41, 5.74) is 0. The Kier molecular flexibility index (Phi) is 14.7. The first-order valence-corrected chi connectivity index (χ1v) is 10.6. The van der Waals surface area contributed by atoms with Crippen molar-refractivity contribution in [2.45, 2.75) is 77.2 Å². The number of guanidine groups is 1. The summed E-state index contributed by atoms with van der Waals surface area (Å²) in [4.78, 5) is 4.67. The lowest BCUT2D eigenvalue weighted by atomic mass is 9.86. The molecule has 1 heterocycles. The fourth-order valence-electron chi connectivity index (χ4n) is 3.76. The van der Waals surface area contributed by atoms with E-state index in [0.29, 0.717) is 6.10 Å². The number of hydrogen-bond donors (Lipinski definition) is 2. The van der Waals surface area contributed by atoms with Crippen molar-refractivity contribution in [2.24, 2.45) is 10.9 Å². The first-order chi connectivity index (χ1) is 12.4. The summed E-state index contributed by atoms with van der Waals surface area (Å²) in [6.45, 7) is 7.37. The van der Waals surface area contributed by atoms with Crippen LogP contribution in [0.25, 0.3) is 0 Å².